The van der Waals surface area contributed by atoms with Crippen LogP contribution in [0.15, 0.2) is 59.8 Å². The van der Waals surface area contributed by atoms with E-state index >= 15 is 0 Å². The fourth-order valence-electron chi connectivity index (χ4n) is 2.14. The zero-order valence-corrected chi connectivity index (χ0v) is 13.9. The molecular formula is C17H13ClN3OS. The minimum absolute atomic E-state index is 0.286. The van der Waals surface area contributed by atoms with Crippen molar-refractivity contribution in [2.75, 3.05) is 12.4 Å². The molecule has 0 aliphatic heterocycles. The van der Waals surface area contributed by atoms with Gasteiger partial charge in [-0.05, 0) is 30.8 Å². The summed E-state index contributed by atoms with van der Waals surface area (Å²) in [6, 6.07) is 17.1. The number of aromatic nitrogens is 2. The molecule has 0 spiro atoms. The molecule has 3 aromatic rings. The largest absolute Gasteiger partial charge is 0.495 e. The number of rotatable bonds is 4. The number of hydrogen-bond acceptors (Lipinski definition) is 4. The Morgan fingerprint density at radius 1 is 1.04 bits per heavy atom. The average Bonchev–Trinajstić information content (AvgIpc) is 2.55. The number of methoxy groups -OCH3 is 1. The Morgan fingerprint density at radius 3 is 2.52 bits per heavy atom. The fourth-order valence-corrected chi connectivity index (χ4v) is 2.59. The molecule has 1 heterocycles. The van der Waals surface area contributed by atoms with Crippen LogP contribution in [0.5, 0.6) is 5.75 Å². The first-order valence-corrected chi connectivity index (χ1v) is 7.66. The first kappa shape index (κ1) is 15.5. The summed E-state index contributed by atoms with van der Waals surface area (Å²) in [6.07, 6.45) is 0. The highest BCUT2D eigenvalue weighted by Gasteiger charge is 2.07. The van der Waals surface area contributed by atoms with Gasteiger partial charge < -0.3 is 10.1 Å². The Labute approximate surface area is 144 Å². The minimum Gasteiger partial charge on any atom is -0.495 e. The van der Waals surface area contributed by atoms with Crippen LogP contribution in [0.4, 0.5) is 11.5 Å². The van der Waals surface area contributed by atoms with Crippen molar-refractivity contribution in [1.29, 1.82) is 0 Å². The molecule has 0 atom stereocenters. The van der Waals surface area contributed by atoms with Crippen molar-refractivity contribution in [3.05, 3.63) is 59.6 Å². The van der Waals surface area contributed by atoms with Crippen LogP contribution in [-0.2, 0) is 0 Å². The zero-order chi connectivity index (χ0) is 16.2. The highest BCUT2D eigenvalue weighted by Crippen LogP contribution is 2.29. The first-order chi connectivity index (χ1) is 11.2. The Hall–Kier alpha value is -2.37. The lowest BCUT2D eigenvalue weighted by Gasteiger charge is -2.10. The van der Waals surface area contributed by atoms with E-state index in [2.05, 4.69) is 15.3 Å². The molecule has 0 bridgehead atoms. The summed E-state index contributed by atoms with van der Waals surface area (Å²) in [4.78, 5) is 8.55. The molecule has 6 heteroatoms. The summed E-state index contributed by atoms with van der Waals surface area (Å²) in [5, 5.41) is 4.00. The second-order valence-electron chi connectivity index (χ2n) is 4.76. The smallest absolute Gasteiger partial charge is 0.221 e. The normalized spacial score (nSPS) is 10.3. The average molecular weight is 343 g/mol. The fraction of sp³-hybridized carbons (Fsp3) is 0.0588. The van der Waals surface area contributed by atoms with Crippen molar-refractivity contribution in [3.63, 3.8) is 0 Å². The Balaban J connectivity index is 1.91. The highest BCUT2D eigenvalue weighted by molar-refractivity contribution is 7.80. The van der Waals surface area contributed by atoms with Crippen LogP contribution in [0, 0.1) is 0 Å². The third-order valence-corrected chi connectivity index (χ3v) is 3.68. The molecule has 0 unspecified atom stereocenters. The van der Waals surface area contributed by atoms with Crippen LogP contribution in [0.25, 0.3) is 11.3 Å². The van der Waals surface area contributed by atoms with Gasteiger partial charge in [0.15, 0.2) is 0 Å². The summed E-state index contributed by atoms with van der Waals surface area (Å²) < 4.78 is 5.14. The van der Waals surface area contributed by atoms with Crippen LogP contribution in [0.1, 0.15) is 0 Å². The molecule has 2 aromatic carbocycles. The maximum atomic E-state index is 6.14. The van der Waals surface area contributed by atoms with Crippen LogP contribution in [-0.4, -0.2) is 17.1 Å². The molecule has 0 fully saturated rings. The summed E-state index contributed by atoms with van der Waals surface area (Å²) in [7, 11) is 1.58. The summed E-state index contributed by atoms with van der Waals surface area (Å²) in [5.41, 5.74) is 2.55. The molecule has 3 rings (SSSR count). The second-order valence-corrected chi connectivity index (χ2v) is 5.53. The predicted octanol–water partition coefficient (Wildman–Crippen LogP) is 5.11. The van der Waals surface area contributed by atoms with Gasteiger partial charge in [0.2, 0.25) is 5.16 Å². The van der Waals surface area contributed by atoms with Crippen LogP contribution < -0.4 is 10.1 Å². The van der Waals surface area contributed by atoms with E-state index in [0.717, 1.165) is 16.9 Å². The van der Waals surface area contributed by atoms with Gasteiger partial charge >= 0.3 is 0 Å². The Bertz CT molecular complexity index is 827. The number of nitrogens with zero attached hydrogens (tertiary/aromatic N) is 2. The Morgan fingerprint density at radius 2 is 1.83 bits per heavy atom. The molecule has 4 nitrogen and oxygen atoms in total. The summed E-state index contributed by atoms with van der Waals surface area (Å²) >= 11 is 11.3. The van der Waals surface area contributed by atoms with Crippen molar-refractivity contribution >= 4 is 35.7 Å². The molecule has 23 heavy (non-hydrogen) atoms. The highest BCUT2D eigenvalue weighted by atomic mass is 35.5. The molecule has 0 saturated heterocycles. The SMILES string of the molecule is COc1ccc(Nc2cc(-c3ccccc3)nc([S])n2)cc1Cl. The van der Waals surface area contributed by atoms with Crippen molar-refractivity contribution in [2.45, 2.75) is 5.16 Å². The monoisotopic (exact) mass is 342 g/mol. The summed E-state index contributed by atoms with van der Waals surface area (Å²) in [6.45, 7) is 0. The van der Waals surface area contributed by atoms with E-state index in [4.69, 9.17) is 29.0 Å². The molecule has 1 N–H and O–H groups in total. The third-order valence-electron chi connectivity index (χ3n) is 3.20. The van der Waals surface area contributed by atoms with Gasteiger partial charge in [-0.1, -0.05) is 41.9 Å². The van der Waals surface area contributed by atoms with E-state index in [1.807, 2.05) is 42.5 Å². The third kappa shape index (κ3) is 3.70. The van der Waals surface area contributed by atoms with Crippen molar-refractivity contribution < 1.29 is 4.74 Å². The first-order valence-electron chi connectivity index (χ1n) is 6.88. The van der Waals surface area contributed by atoms with E-state index < -0.39 is 0 Å². The molecular weight excluding hydrogens is 330 g/mol. The van der Waals surface area contributed by atoms with Crippen LogP contribution in [0.2, 0.25) is 5.02 Å². The molecule has 0 aliphatic rings. The number of benzene rings is 2. The Kier molecular flexibility index (Phi) is 4.60. The molecule has 115 valence electrons. The van der Waals surface area contributed by atoms with Crippen LogP contribution in [0.3, 0.4) is 0 Å². The topological polar surface area (TPSA) is 47.0 Å². The van der Waals surface area contributed by atoms with Crippen LogP contribution >= 0.6 is 24.2 Å². The molecule has 0 amide bonds. The van der Waals surface area contributed by atoms with Gasteiger partial charge in [-0.25, -0.2) is 9.97 Å². The zero-order valence-electron chi connectivity index (χ0n) is 12.3. The van der Waals surface area contributed by atoms with Gasteiger partial charge in [0.1, 0.15) is 11.6 Å². The van der Waals surface area contributed by atoms with E-state index in [9.17, 15) is 0 Å². The van der Waals surface area contributed by atoms with Crippen molar-refractivity contribution in [3.8, 4) is 17.0 Å². The molecule has 0 aliphatic carbocycles. The molecule has 1 aromatic heterocycles. The predicted molar refractivity (Wildman–Crippen MR) is 94.6 cm³/mol. The standard InChI is InChI=1S/C17H13ClN3OS/c1-22-15-8-7-12(9-13(15)18)19-16-10-14(20-17(23)21-16)11-5-3-2-4-6-11/h2-10H,1H3,(H,19,20,21). The van der Waals surface area contributed by atoms with Gasteiger partial charge in [-0.15, -0.1) is 0 Å². The van der Waals surface area contributed by atoms with Crippen molar-refractivity contribution in [1.82, 2.24) is 9.97 Å². The van der Waals surface area contributed by atoms with Gasteiger partial charge in [0.25, 0.3) is 0 Å². The number of nitrogens with one attached hydrogen (secondary N) is 1. The van der Waals surface area contributed by atoms with Gasteiger partial charge in [0.05, 0.1) is 17.8 Å². The maximum Gasteiger partial charge on any atom is 0.221 e. The summed E-state index contributed by atoms with van der Waals surface area (Å²) in [5.74, 6) is 1.24. The van der Waals surface area contributed by atoms with E-state index in [1.54, 1.807) is 19.2 Å². The number of halogens is 1. The number of ether oxygens (including phenoxy) is 1. The maximum absolute atomic E-state index is 6.14. The quantitative estimate of drug-likeness (QED) is 0.669. The molecule has 1 radical (unpaired) electrons. The number of anilines is 2. The molecule has 0 saturated carbocycles. The van der Waals surface area contributed by atoms with E-state index in [0.29, 0.717) is 16.6 Å². The van der Waals surface area contributed by atoms with E-state index in [-0.39, 0.29) is 5.16 Å². The minimum atomic E-state index is 0.286. The van der Waals surface area contributed by atoms with Gasteiger partial charge in [-0.3, -0.25) is 0 Å². The van der Waals surface area contributed by atoms with Crippen molar-refractivity contribution in [2.24, 2.45) is 0 Å². The second kappa shape index (κ2) is 6.81. The van der Waals surface area contributed by atoms with Gasteiger partial charge in [0, 0.05) is 17.3 Å². The lowest BCUT2D eigenvalue weighted by atomic mass is 10.1. The lowest BCUT2D eigenvalue weighted by Crippen LogP contribution is -1.98. The lowest BCUT2D eigenvalue weighted by molar-refractivity contribution is 0.415. The van der Waals surface area contributed by atoms with Gasteiger partial charge in [-0.2, -0.15) is 0 Å². The van der Waals surface area contributed by atoms with E-state index in [1.165, 1.54) is 0 Å². The number of hydrogen-bond donors (Lipinski definition) is 1.